The summed E-state index contributed by atoms with van der Waals surface area (Å²) in [4.78, 5) is 44.2. The molecule has 4 heterocycles. The standard InChI is InChI=1S/C34H39N7O3/c1-4-30(42)40-19-18-39(20-25(40)15-16-35)33-27-13-14-31(43)41(29-12-6-10-24-9-5-8-23(2)32(24)29)21-28(27)36-34(37-33)44-22-26-11-7-17-38(26)3/h4-6,8-10,12,25-26H,1,7,11,13-15,17-22H2,2-3H3/t25-,26-/m0/s1. The fraction of sp³-hybridized carbons (Fsp3) is 0.441. The third kappa shape index (κ3) is 5.72. The summed E-state index contributed by atoms with van der Waals surface area (Å²) in [5, 5.41) is 11.7. The topological polar surface area (TPSA) is 106 Å². The second-order valence-electron chi connectivity index (χ2n) is 12.0. The van der Waals surface area contributed by atoms with Gasteiger partial charge >= 0.3 is 6.01 Å². The van der Waals surface area contributed by atoms with E-state index in [9.17, 15) is 14.9 Å². The van der Waals surface area contributed by atoms with E-state index < -0.39 is 0 Å². The van der Waals surface area contributed by atoms with Crippen LogP contribution in [0.2, 0.25) is 0 Å². The van der Waals surface area contributed by atoms with E-state index in [1.807, 2.05) is 23.1 Å². The Balaban J connectivity index is 1.39. The van der Waals surface area contributed by atoms with Crippen LogP contribution in [-0.2, 0) is 22.6 Å². The third-order valence-electron chi connectivity index (χ3n) is 9.27. The molecule has 3 aliphatic rings. The molecule has 0 aliphatic carbocycles. The maximum atomic E-state index is 13.8. The number of amides is 2. The van der Waals surface area contributed by atoms with E-state index in [1.165, 1.54) is 6.08 Å². The minimum Gasteiger partial charge on any atom is -0.462 e. The number of nitriles is 1. The predicted octanol–water partition coefficient (Wildman–Crippen LogP) is 4.01. The maximum Gasteiger partial charge on any atom is 0.318 e. The molecular weight excluding hydrogens is 554 g/mol. The number of carbonyl (C=O) groups is 2. The molecule has 0 unspecified atom stereocenters. The highest BCUT2D eigenvalue weighted by atomic mass is 16.5. The fourth-order valence-corrected chi connectivity index (χ4v) is 6.86. The Bertz CT molecular complexity index is 1630. The van der Waals surface area contributed by atoms with Gasteiger partial charge in [0.1, 0.15) is 12.4 Å². The van der Waals surface area contributed by atoms with Crippen LogP contribution in [0.5, 0.6) is 6.01 Å². The molecule has 2 atom stereocenters. The van der Waals surface area contributed by atoms with E-state index >= 15 is 0 Å². The number of hydrogen-bond acceptors (Lipinski definition) is 8. The molecule has 228 valence electrons. The molecule has 2 saturated heterocycles. The second kappa shape index (κ2) is 12.6. The fourth-order valence-electron chi connectivity index (χ4n) is 6.86. The van der Waals surface area contributed by atoms with Crippen LogP contribution in [0.15, 0.2) is 49.1 Å². The normalized spacial score (nSPS) is 20.8. The van der Waals surface area contributed by atoms with Crippen molar-refractivity contribution in [1.82, 2.24) is 19.8 Å². The summed E-state index contributed by atoms with van der Waals surface area (Å²) >= 11 is 0. The number of aryl methyl sites for hydroxylation is 1. The first kappa shape index (κ1) is 29.6. The molecule has 0 saturated carbocycles. The van der Waals surface area contributed by atoms with Gasteiger partial charge in [-0.15, -0.1) is 0 Å². The minimum absolute atomic E-state index is 0.0310. The average molecular weight is 594 g/mol. The molecule has 0 N–H and O–H groups in total. The van der Waals surface area contributed by atoms with Gasteiger partial charge in [0.2, 0.25) is 11.8 Å². The summed E-state index contributed by atoms with van der Waals surface area (Å²) in [5.74, 6) is 0.577. The van der Waals surface area contributed by atoms with Crippen LogP contribution in [0.1, 0.15) is 42.5 Å². The minimum atomic E-state index is -0.302. The molecule has 1 aromatic heterocycles. The van der Waals surface area contributed by atoms with Gasteiger partial charge < -0.3 is 24.3 Å². The molecule has 10 nitrogen and oxygen atoms in total. The predicted molar refractivity (Wildman–Crippen MR) is 170 cm³/mol. The van der Waals surface area contributed by atoms with Crippen LogP contribution in [-0.4, -0.2) is 83.5 Å². The Morgan fingerprint density at radius 1 is 1.14 bits per heavy atom. The molecule has 44 heavy (non-hydrogen) atoms. The lowest BCUT2D eigenvalue weighted by Gasteiger charge is -2.41. The second-order valence-corrected chi connectivity index (χ2v) is 12.0. The van der Waals surface area contributed by atoms with Crippen molar-refractivity contribution in [3.8, 4) is 12.1 Å². The summed E-state index contributed by atoms with van der Waals surface area (Å²) in [7, 11) is 2.11. The van der Waals surface area contributed by atoms with Crippen molar-refractivity contribution in [1.29, 1.82) is 5.26 Å². The maximum absolute atomic E-state index is 13.8. The van der Waals surface area contributed by atoms with E-state index in [4.69, 9.17) is 14.7 Å². The summed E-state index contributed by atoms with van der Waals surface area (Å²) < 4.78 is 6.28. The van der Waals surface area contributed by atoms with Crippen molar-refractivity contribution in [2.45, 2.75) is 57.7 Å². The van der Waals surface area contributed by atoms with Gasteiger partial charge in [0.25, 0.3) is 0 Å². The van der Waals surface area contributed by atoms with Gasteiger partial charge in [-0.2, -0.15) is 15.2 Å². The van der Waals surface area contributed by atoms with E-state index in [-0.39, 0.29) is 24.3 Å². The van der Waals surface area contributed by atoms with Crippen LogP contribution in [0.4, 0.5) is 11.5 Å². The van der Waals surface area contributed by atoms with Crippen LogP contribution < -0.4 is 14.5 Å². The Hall–Kier alpha value is -4.49. The Morgan fingerprint density at radius 2 is 1.95 bits per heavy atom. The molecule has 0 bridgehead atoms. The first-order valence-corrected chi connectivity index (χ1v) is 15.4. The van der Waals surface area contributed by atoms with Crippen molar-refractivity contribution < 1.29 is 14.3 Å². The van der Waals surface area contributed by atoms with Gasteiger partial charge in [0, 0.05) is 43.0 Å². The lowest BCUT2D eigenvalue weighted by molar-refractivity contribution is -0.128. The molecule has 3 aliphatic heterocycles. The van der Waals surface area contributed by atoms with E-state index in [2.05, 4.69) is 54.6 Å². The zero-order valence-electron chi connectivity index (χ0n) is 25.5. The van der Waals surface area contributed by atoms with Crippen LogP contribution in [0, 0.1) is 18.3 Å². The molecule has 2 aromatic carbocycles. The van der Waals surface area contributed by atoms with Gasteiger partial charge in [-0.25, -0.2) is 0 Å². The average Bonchev–Trinajstić information content (AvgIpc) is 3.37. The Morgan fingerprint density at radius 3 is 2.70 bits per heavy atom. The zero-order valence-corrected chi connectivity index (χ0v) is 25.5. The van der Waals surface area contributed by atoms with Gasteiger partial charge in [0.15, 0.2) is 0 Å². The summed E-state index contributed by atoms with van der Waals surface area (Å²) in [5.41, 5.74) is 3.67. The van der Waals surface area contributed by atoms with Gasteiger partial charge in [-0.05, 0) is 62.9 Å². The molecule has 10 heteroatoms. The molecule has 2 fully saturated rings. The number of piperazine rings is 1. The van der Waals surface area contributed by atoms with E-state index in [0.717, 1.165) is 58.5 Å². The number of carbonyl (C=O) groups excluding carboxylic acids is 2. The number of ether oxygens (including phenoxy) is 1. The van der Waals surface area contributed by atoms with E-state index in [1.54, 1.807) is 4.90 Å². The van der Waals surface area contributed by atoms with Crippen LogP contribution >= 0.6 is 0 Å². The highest BCUT2D eigenvalue weighted by Crippen LogP contribution is 2.36. The smallest absolute Gasteiger partial charge is 0.318 e. The van der Waals surface area contributed by atoms with Crippen LogP contribution in [0.3, 0.4) is 0 Å². The van der Waals surface area contributed by atoms with Crippen molar-refractivity contribution in [3.05, 3.63) is 65.9 Å². The van der Waals surface area contributed by atoms with Gasteiger partial charge in [-0.3, -0.25) is 9.59 Å². The van der Waals surface area contributed by atoms with Crippen molar-refractivity contribution in [2.24, 2.45) is 0 Å². The van der Waals surface area contributed by atoms with Crippen molar-refractivity contribution in [3.63, 3.8) is 0 Å². The summed E-state index contributed by atoms with van der Waals surface area (Å²) in [6, 6.07) is 14.8. The molecule has 0 radical (unpaired) electrons. The van der Waals surface area contributed by atoms with Crippen molar-refractivity contribution in [2.75, 3.05) is 49.6 Å². The molecule has 3 aromatic rings. The summed E-state index contributed by atoms with van der Waals surface area (Å²) in [6.45, 7) is 8.97. The number of nitrogens with zero attached hydrogens (tertiary/aromatic N) is 7. The lowest BCUT2D eigenvalue weighted by atomic mass is 10.0. The molecule has 0 spiro atoms. The first-order valence-electron chi connectivity index (χ1n) is 15.4. The Labute approximate surface area is 258 Å². The molecule has 2 amide bonds. The van der Waals surface area contributed by atoms with Crippen molar-refractivity contribution >= 4 is 34.1 Å². The number of rotatable bonds is 7. The van der Waals surface area contributed by atoms with E-state index in [0.29, 0.717) is 57.7 Å². The number of likely N-dealkylation sites (tertiary alicyclic amines) is 1. The highest BCUT2D eigenvalue weighted by Gasteiger charge is 2.34. The summed E-state index contributed by atoms with van der Waals surface area (Å²) in [6.07, 6.45) is 4.51. The monoisotopic (exact) mass is 593 g/mol. The largest absolute Gasteiger partial charge is 0.462 e. The lowest BCUT2D eigenvalue weighted by Crippen LogP contribution is -2.55. The number of hydrogen-bond donors (Lipinski definition) is 0. The number of benzene rings is 2. The number of aromatic nitrogens is 2. The molecular formula is C34H39N7O3. The quantitative estimate of drug-likeness (QED) is 0.379. The van der Waals surface area contributed by atoms with Gasteiger partial charge in [-0.1, -0.05) is 36.9 Å². The first-order chi connectivity index (χ1) is 21.4. The SMILES string of the molecule is C=CC(=O)N1CCN(c2nc(OC[C@@H]3CCCN3C)nc3c2CCC(=O)N(c2cccc4cccc(C)c24)C3)C[C@@H]1CC#N. The number of fused-ring (bicyclic) bond motifs is 2. The van der Waals surface area contributed by atoms with Gasteiger partial charge in [0.05, 0.1) is 36.5 Å². The van der Waals surface area contributed by atoms with Crippen LogP contribution in [0.25, 0.3) is 10.8 Å². The third-order valence-corrected chi connectivity index (χ3v) is 9.27. The number of likely N-dealkylation sites (N-methyl/N-ethyl adjacent to an activating group) is 1. The zero-order chi connectivity index (χ0) is 30.8. The highest BCUT2D eigenvalue weighted by molar-refractivity contribution is 6.05. The number of anilines is 2. The Kier molecular flexibility index (Phi) is 8.49. The molecule has 6 rings (SSSR count).